The van der Waals surface area contributed by atoms with Gasteiger partial charge in [-0.05, 0) is 37.6 Å². The first-order valence-corrected chi connectivity index (χ1v) is 9.21. The summed E-state index contributed by atoms with van der Waals surface area (Å²) < 4.78 is 1.38. The highest BCUT2D eigenvalue weighted by molar-refractivity contribution is 7.18. The van der Waals surface area contributed by atoms with Crippen molar-refractivity contribution in [1.29, 1.82) is 0 Å². The van der Waals surface area contributed by atoms with Gasteiger partial charge < -0.3 is 5.32 Å². The van der Waals surface area contributed by atoms with E-state index in [0.29, 0.717) is 31.8 Å². The van der Waals surface area contributed by atoms with E-state index in [1.807, 2.05) is 13.0 Å². The molecule has 8 heteroatoms. The van der Waals surface area contributed by atoms with Crippen molar-refractivity contribution in [2.24, 2.45) is 0 Å². The molecule has 130 valence electrons. The van der Waals surface area contributed by atoms with Crippen molar-refractivity contribution in [2.45, 2.75) is 26.8 Å². The Bertz CT molecular complexity index is 1030. The molecule has 2 aromatic heterocycles. The van der Waals surface area contributed by atoms with Crippen LogP contribution in [0.5, 0.6) is 0 Å². The van der Waals surface area contributed by atoms with Crippen molar-refractivity contribution in [1.82, 2.24) is 9.55 Å². The van der Waals surface area contributed by atoms with E-state index >= 15 is 0 Å². The van der Waals surface area contributed by atoms with Crippen molar-refractivity contribution in [3.8, 4) is 0 Å². The van der Waals surface area contributed by atoms with Gasteiger partial charge in [0, 0.05) is 10.6 Å². The van der Waals surface area contributed by atoms with Crippen LogP contribution in [0.15, 0.2) is 29.1 Å². The van der Waals surface area contributed by atoms with E-state index in [-0.39, 0.29) is 18.0 Å². The summed E-state index contributed by atoms with van der Waals surface area (Å²) in [5, 5.41) is 4.02. The topological polar surface area (TPSA) is 64.0 Å². The zero-order chi connectivity index (χ0) is 18.1. The van der Waals surface area contributed by atoms with Crippen LogP contribution in [0.1, 0.15) is 17.6 Å². The number of halogens is 2. The van der Waals surface area contributed by atoms with E-state index < -0.39 is 0 Å². The normalized spacial score (nSPS) is 11.0. The third kappa shape index (κ3) is 3.71. The first kappa shape index (κ1) is 17.9. The fourth-order valence-corrected chi connectivity index (χ4v) is 3.75. The maximum absolute atomic E-state index is 12.7. The highest BCUT2D eigenvalue weighted by Gasteiger charge is 2.14. The summed E-state index contributed by atoms with van der Waals surface area (Å²) in [6, 6.07) is 6.66. The maximum atomic E-state index is 12.7. The van der Waals surface area contributed by atoms with Crippen LogP contribution in [0.25, 0.3) is 10.2 Å². The van der Waals surface area contributed by atoms with Crippen LogP contribution in [0.4, 0.5) is 5.69 Å². The molecule has 0 atom stereocenters. The minimum absolute atomic E-state index is 0.120. The third-order valence-electron chi connectivity index (χ3n) is 3.75. The van der Waals surface area contributed by atoms with E-state index in [9.17, 15) is 9.59 Å². The van der Waals surface area contributed by atoms with Gasteiger partial charge in [0.2, 0.25) is 5.91 Å². The summed E-state index contributed by atoms with van der Waals surface area (Å²) >= 11 is 13.3. The number of hydrogen-bond acceptors (Lipinski definition) is 4. The molecule has 25 heavy (non-hydrogen) atoms. The smallest absolute Gasteiger partial charge is 0.262 e. The first-order valence-electron chi connectivity index (χ1n) is 7.63. The highest BCUT2D eigenvalue weighted by atomic mass is 35.5. The van der Waals surface area contributed by atoms with Crippen LogP contribution in [-0.4, -0.2) is 15.5 Å². The van der Waals surface area contributed by atoms with Gasteiger partial charge in [0.05, 0.1) is 15.4 Å². The SMILES string of the molecule is CCc1cc2c(=O)n(CC(=O)Nc3ccc(Cl)c(Cl)c3)c(C)nc2s1. The number of aromatic nitrogens is 2. The largest absolute Gasteiger partial charge is 0.324 e. The Labute approximate surface area is 158 Å². The molecule has 1 N–H and O–H groups in total. The van der Waals surface area contributed by atoms with E-state index in [1.54, 1.807) is 25.1 Å². The molecule has 2 heterocycles. The number of benzene rings is 1. The summed E-state index contributed by atoms with van der Waals surface area (Å²) in [6.07, 6.45) is 0.845. The number of carbonyl (C=O) groups excluding carboxylic acids is 1. The van der Waals surface area contributed by atoms with Crippen molar-refractivity contribution in [3.63, 3.8) is 0 Å². The van der Waals surface area contributed by atoms with Gasteiger partial charge in [-0.15, -0.1) is 11.3 Å². The molecule has 1 aromatic carbocycles. The van der Waals surface area contributed by atoms with Crippen molar-refractivity contribution in [2.75, 3.05) is 5.32 Å². The quantitative estimate of drug-likeness (QED) is 0.716. The number of hydrogen-bond donors (Lipinski definition) is 1. The van der Waals surface area contributed by atoms with Crippen LogP contribution in [0, 0.1) is 6.92 Å². The third-order valence-corrected chi connectivity index (χ3v) is 5.66. The number of fused-ring (bicyclic) bond motifs is 1. The number of rotatable bonds is 4. The Morgan fingerprint density at radius 3 is 2.72 bits per heavy atom. The number of thiophene rings is 1. The Hall–Kier alpha value is -1.89. The Kier molecular flexibility index (Phi) is 5.13. The minimum atomic E-state index is -0.337. The average molecular weight is 396 g/mol. The van der Waals surface area contributed by atoms with Crippen LogP contribution in [-0.2, 0) is 17.8 Å². The van der Waals surface area contributed by atoms with Crippen LogP contribution in [0.3, 0.4) is 0 Å². The molecule has 0 fully saturated rings. The fourth-order valence-electron chi connectivity index (χ4n) is 2.45. The van der Waals surface area contributed by atoms with Gasteiger partial charge in [-0.2, -0.15) is 0 Å². The molecule has 0 spiro atoms. The van der Waals surface area contributed by atoms with Crippen LogP contribution >= 0.6 is 34.5 Å². The molecule has 0 radical (unpaired) electrons. The van der Waals surface area contributed by atoms with Gasteiger partial charge in [0.25, 0.3) is 5.56 Å². The highest BCUT2D eigenvalue weighted by Crippen LogP contribution is 2.25. The summed E-state index contributed by atoms with van der Waals surface area (Å²) in [5.41, 5.74) is 0.311. The van der Waals surface area contributed by atoms with Crippen LogP contribution < -0.4 is 10.9 Å². The summed E-state index contributed by atoms with van der Waals surface area (Å²) in [5.74, 6) is 0.168. The molecule has 0 saturated carbocycles. The lowest BCUT2D eigenvalue weighted by molar-refractivity contribution is -0.116. The van der Waals surface area contributed by atoms with Crippen molar-refractivity contribution >= 4 is 56.3 Å². The number of aryl methyl sites for hydroxylation is 2. The number of nitrogens with zero attached hydrogens (tertiary/aromatic N) is 2. The van der Waals surface area contributed by atoms with E-state index in [1.165, 1.54) is 15.9 Å². The number of nitrogens with one attached hydrogen (secondary N) is 1. The lowest BCUT2D eigenvalue weighted by Gasteiger charge is -2.10. The maximum Gasteiger partial charge on any atom is 0.262 e. The number of anilines is 1. The monoisotopic (exact) mass is 395 g/mol. The second-order valence-electron chi connectivity index (χ2n) is 5.51. The predicted octanol–water partition coefficient (Wildman–Crippen LogP) is 4.27. The molecular weight excluding hydrogens is 381 g/mol. The minimum Gasteiger partial charge on any atom is -0.324 e. The van der Waals surface area contributed by atoms with Gasteiger partial charge in [0.1, 0.15) is 17.2 Å². The molecule has 1 amide bonds. The molecule has 0 saturated heterocycles. The molecular formula is C17H15Cl2N3O2S. The molecule has 0 unspecified atom stereocenters. The van der Waals surface area contributed by atoms with E-state index in [2.05, 4.69) is 10.3 Å². The van der Waals surface area contributed by atoms with Crippen molar-refractivity contribution < 1.29 is 4.79 Å². The molecule has 0 aliphatic rings. The number of carbonyl (C=O) groups is 1. The summed E-state index contributed by atoms with van der Waals surface area (Å²) in [4.78, 5) is 31.2. The molecule has 0 bridgehead atoms. The Balaban J connectivity index is 1.87. The average Bonchev–Trinajstić information content (AvgIpc) is 2.98. The Morgan fingerprint density at radius 1 is 1.28 bits per heavy atom. The second-order valence-corrected chi connectivity index (χ2v) is 7.44. The first-order chi connectivity index (χ1) is 11.9. The fraction of sp³-hybridized carbons (Fsp3) is 0.235. The van der Waals surface area contributed by atoms with Crippen molar-refractivity contribution in [3.05, 3.63) is 55.4 Å². The Morgan fingerprint density at radius 2 is 2.04 bits per heavy atom. The van der Waals surface area contributed by atoms with Gasteiger partial charge in [0.15, 0.2) is 0 Å². The second kappa shape index (κ2) is 7.15. The van der Waals surface area contributed by atoms with E-state index in [4.69, 9.17) is 23.2 Å². The van der Waals surface area contributed by atoms with Crippen LogP contribution in [0.2, 0.25) is 10.0 Å². The molecule has 5 nitrogen and oxygen atoms in total. The molecule has 3 rings (SSSR count). The molecule has 0 aliphatic heterocycles. The van der Waals surface area contributed by atoms with E-state index in [0.717, 1.165) is 11.3 Å². The number of amides is 1. The van der Waals surface area contributed by atoms with Gasteiger partial charge in [-0.1, -0.05) is 30.1 Å². The van der Waals surface area contributed by atoms with Gasteiger partial charge in [-0.25, -0.2) is 4.98 Å². The summed E-state index contributed by atoms with van der Waals surface area (Å²) in [6.45, 7) is 3.63. The zero-order valence-corrected chi connectivity index (χ0v) is 15.9. The predicted molar refractivity (Wildman–Crippen MR) is 103 cm³/mol. The zero-order valence-electron chi connectivity index (χ0n) is 13.6. The van der Waals surface area contributed by atoms with Gasteiger partial charge in [-0.3, -0.25) is 14.2 Å². The standard InChI is InChI=1S/C17H15Cl2N3O2S/c1-3-11-7-12-16(25-11)20-9(2)22(17(12)24)8-15(23)21-10-4-5-13(18)14(19)6-10/h4-7H,3,8H2,1-2H3,(H,21,23). The molecule has 3 aromatic rings. The molecule has 0 aliphatic carbocycles. The van der Waals surface area contributed by atoms with Gasteiger partial charge >= 0.3 is 0 Å². The lowest BCUT2D eigenvalue weighted by Crippen LogP contribution is -2.29. The lowest BCUT2D eigenvalue weighted by atomic mass is 10.3. The summed E-state index contributed by atoms with van der Waals surface area (Å²) in [7, 11) is 0.